The van der Waals surface area contributed by atoms with Gasteiger partial charge in [0.25, 0.3) is 0 Å². The van der Waals surface area contributed by atoms with Gasteiger partial charge in [-0.3, -0.25) is 0 Å². The summed E-state index contributed by atoms with van der Waals surface area (Å²) in [5, 5.41) is 1.25. The minimum Gasteiger partial charge on any atom is -0.157 e. The van der Waals surface area contributed by atoms with E-state index in [1.54, 1.807) is 11.1 Å². The molecule has 0 amide bonds. The predicted molar refractivity (Wildman–Crippen MR) is 207 cm³/mol. The van der Waals surface area contributed by atoms with Crippen molar-refractivity contribution in [2.45, 2.75) is 146 Å². The summed E-state index contributed by atoms with van der Waals surface area (Å²) in [6.07, 6.45) is 21.6. The second-order valence-corrected chi connectivity index (χ2v) is 17.2. The average molecular weight is 819 g/mol. The molecule has 2 aromatic carbocycles. The maximum Gasteiger partial charge on any atom is 0.0452 e. The molecule has 0 aromatic heterocycles. The molecule has 3 rings (SSSR count). The molecule has 0 saturated carbocycles. The summed E-state index contributed by atoms with van der Waals surface area (Å²) in [7, 11) is 0. The Balaban J connectivity index is 2.17. The van der Waals surface area contributed by atoms with Crippen molar-refractivity contribution in [1.82, 2.24) is 0 Å². The second kappa shape index (κ2) is 19.9. The molecule has 0 aliphatic heterocycles. The van der Waals surface area contributed by atoms with Gasteiger partial charge in [0.05, 0.1) is 0 Å². The summed E-state index contributed by atoms with van der Waals surface area (Å²) >= 11 is 9.88. The third-order valence-corrected chi connectivity index (χ3v) is 13.3. The number of hydrogen-bond donors (Lipinski definition) is 0. The molecule has 2 atom stereocenters. The van der Waals surface area contributed by atoms with E-state index >= 15 is 0 Å². The Labute approximate surface area is 289 Å². The Morgan fingerprint density at radius 1 is 0.537 bits per heavy atom. The highest BCUT2D eigenvalue weighted by molar-refractivity contribution is 14.1. The van der Waals surface area contributed by atoms with Gasteiger partial charge < -0.3 is 0 Å². The molecule has 0 radical (unpaired) electrons. The molecule has 0 nitrogen and oxygen atoms in total. The first-order valence-electron chi connectivity index (χ1n) is 16.9. The van der Waals surface area contributed by atoms with Crippen molar-refractivity contribution in [2.75, 3.05) is 11.5 Å². The van der Waals surface area contributed by atoms with E-state index in [4.69, 9.17) is 0 Å². The van der Waals surface area contributed by atoms with E-state index < -0.39 is 0 Å². The fourth-order valence-corrected chi connectivity index (χ4v) is 11.2. The summed E-state index contributed by atoms with van der Waals surface area (Å²) in [6, 6.07) is 14.9. The molecule has 0 N–H and O–H groups in total. The normalized spacial score (nSPS) is 15.1. The Morgan fingerprint density at radius 2 is 0.927 bits per heavy atom. The number of rotatable bonds is 22. The number of thioether (sulfide) groups is 2. The molecule has 0 spiro atoms. The number of fused-ring (bicyclic) bond motifs is 3. The zero-order valence-electron chi connectivity index (χ0n) is 26.4. The van der Waals surface area contributed by atoms with Crippen molar-refractivity contribution in [2.24, 2.45) is 0 Å². The minimum atomic E-state index is 0.0827. The molecule has 2 aromatic rings. The summed E-state index contributed by atoms with van der Waals surface area (Å²) in [4.78, 5) is 0. The fraction of sp³-hybridized carbons (Fsp3) is 0.676. The molecule has 41 heavy (non-hydrogen) atoms. The highest BCUT2D eigenvalue weighted by Gasteiger charge is 2.53. The van der Waals surface area contributed by atoms with Crippen LogP contribution in [0, 0.1) is 7.14 Å². The van der Waals surface area contributed by atoms with Crippen LogP contribution in [0.1, 0.15) is 142 Å². The van der Waals surface area contributed by atoms with Gasteiger partial charge in [0.15, 0.2) is 0 Å². The maximum atomic E-state index is 2.61. The zero-order valence-corrected chi connectivity index (χ0v) is 32.4. The van der Waals surface area contributed by atoms with E-state index in [1.165, 1.54) is 133 Å². The molecular weight excluding hydrogens is 762 g/mol. The van der Waals surface area contributed by atoms with Crippen molar-refractivity contribution in [3.8, 4) is 11.1 Å². The van der Waals surface area contributed by atoms with Crippen LogP contribution in [0.15, 0.2) is 36.4 Å². The van der Waals surface area contributed by atoms with Crippen LogP contribution >= 0.6 is 68.7 Å². The Kier molecular flexibility index (Phi) is 17.5. The van der Waals surface area contributed by atoms with Gasteiger partial charge >= 0.3 is 0 Å². The molecule has 230 valence electrons. The smallest absolute Gasteiger partial charge is 0.0452 e. The van der Waals surface area contributed by atoms with Gasteiger partial charge in [-0.2, -0.15) is 23.5 Å². The van der Waals surface area contributed by atoms with Crippen LogP contribution in [0.25, 0.3) is 11.1 Å². The molecule has 0 bridgehead atoms. The van der Waals surface area contributed by atoms with Crippen LogP contribution in [-0.2, 0) is 5.41 Å². The largest absolute Gasteiger partial charge is 0.157 e. The highest BCUT2D eigenvalue weighted by atomic mass is 127. The number of halogens is 2. The van der Waals surface area contributed by atoms with Crippen LogP contribution < -0.4 is 0 Å². The van der Waals surface area contributed by atoms with E-state index in [-0.39, 0.29) is 5.41 Å². The standard InChI is InChI=1S/C37H56I2S2/c1-5-9-13-17-25-40-35(19-15-11-7-3)37(36(20-16-12-8-4)41-26-18-14-10-6-2)33-27-29(38)21-23-31(33)32-24-22-30(39)28-34(32)37/h21-24,27-28,35-36H,5-20,25-26H2,1-4H3. The second-order valence-electron chi connectivity index (χ2n) is 12.1. The lowest BCUT2D eigenvalue weighted by Crippen LogP contribution is -2.47. The van der Waals surface area contributed by atoms with Gasteiger partial charge in [0, 0.05) is 23.1 Å². The van der Waals surface area contributed by atoms with Gasteiger partial charge in [-0.1, -0.05) is 117 Å². The van der Waals surface area contributed by atoms with Gasteiger partial charge in [-0.15, -0.1) is 0 Å². The summed E-state index contributed by atoms with van der Waals surface area (Å²) in [5.74, 6) is 2.61. The third-order valence-electron chi connectivity index (χ3n) is 8.93. The SMILES string of the molecule is CCCCCCSC(CCCCC)C1(C(CCCCC)SCCCCCC)c2cc(I)ccc2-c2ccc(I)cc21. The molecule has 0 fully saturated rings. The van der Waals surface area contributed by atoms with Crippen LogP contribution in [-0.4, -0.2) is 22.0 Å². The Bertz CT molecular complexity index is 939. The lowest BCUT2D eigenvalue weighted by molar-refractivity contribution is 0.424. The van der Waals surface area contributed by atoms with Crippen molar-refractivity contribution in [3.63, 3.8) is 0 Å². The average Bonchev–Trinajstić information content (AvgIpc) is 3.24. The van der Waals surface area contributed by atoms with Crippen molar-refractivity contribution in [3.05, 3.63) is 54.7 Å². The number of benzene rings is 2. The highest BCUT2D eigenvalue weighted by Crippen LogP contribution is 2.60. The molecule has 2 unspecified atom stereocenters. The van der Waals surface area contributed by atoms with Crippen molar-refractivity contribution < 1.29 is 0 Å². The lowest BCUT2D eigenvalue weighted by atomic mass is 9.69. The minimum absolute atomic E-state index is 0.0827. The Hall–Kier alpha value is 0.600. The van der Waals surface area contributed by atoms with Crippen LogP contribution in [0.4, 0.5) is 0 Å². The predicted octanol–water partition coefficient (Wildman–Crippen LogP) is 13.7. The zero-order chi connectivity index (χ0) is 29.5. The quantitative estimate of drug-likeness (QED) is 0.0857. The molecule has 4 heteroatoms. The van der Waals surface area contributed by atoms with Gasteiger partial charge in [-0.25, -0.2) is 0 Å². The van der Waals surface area contributed by atoms with Gasteiger partial charge in [-0.05, 0) is 129 Å². The van der Waals surface area contributed by atoms with Crippen molar-refractivity contribution in [1.29, 1.82) is 0 Å². The van der Waals surface area contributed by atoms with Crippen LogP contribution in [0.5, 0.6) is 0 Å². The lowest BCUT2D eigenvalue weighted by Gasteiger charge is -2.46. The molecule has 0 saturated heterocycles. The number of unbranched alkanes of at least 4 members (excludes halogenated alkanes) is 10. The van der Waals surface area contributed by atoms with E-state index in [9.17, 15) is 0 Å². The summed E-state index contributed by atoms with van der Waals surface area (Å²) in [6.45, 7) is 9.41. The Morgan fingerprint density at radius 3 is 1.32 bits per heavy atom. The summed E-state index contributed by atoms with van der Waals surface area (Å²) < 4.78 is 2.79. The first-order chi connectivity index (χ1) is 20.0. The van der Waals surface area contributed by atoms with Crippen LogP contribution in [0.3, 0.4) is 0 Å². The molecule has 1 aliphatic rings. The van der Waals surface area contributed by atoms with Gasteiger partial charge in [0.1, 0.15) is 0 Å². The van der Waals surface area contributed by atoms with E-state index in [0.29, 0.717) is 10.5 Å². The fourth-order valence-electron chi connectivity index (χ4n) is 6.79. The van der Waals surface area contributed by atoms with E-state index in [0.717, 1.165) is 0 Å². The van der Waals surface area contributed by atoms with E-state index in [2.05, 4.69) is 133 Å². The summed E-state index contributed by atoms with van der Waals surface area (Å²) in [5.41, 5.74) is 6.45. The first-order valence-corrected chi connectivity index (χ1v) is 21.1. The molecule has 1 aliphatic carbocycles. The van der Waals surface area contributed by atoms with E-state index in [1.807, 2.05) is 0 Å². The van der Waals surface area contributed by atoms with Gasteiger partial charge in [0.2, 0.25) is 0 Å². The number of hydrogen-bond acceptors (Lipinski definition) is 2. The molecule has 0 heterocycles. The first kappa shape index (κ1) is 36.1. The van der Waals surface area contributed by atoms with Crippen molar-refractivity contribution >= 4 is 68.7 Å². The molecular formula is C37H56I2S2. The topological polar surface area (TPSA) is 0 Å². The van der Waals surface area contributed by atoms with Crippen LogP contribution in [0.2, 0.25) is 0 Å². The third kappa shape index (κ3) is 9.79. The maximum absolute atomic E-state index is 2.61. The monoisotopic (exact) mass is 818 g/mol.